The molecule has 1 fully saturated rings. The Morgan fingerprint density at radius 3 is 2.77 bits per heavy atom. The SMILES string of the molecule is C=CCn1c(SCC(=O)Nc2ccccc2C(=O)NC2CC2)nnc1-c1cccnc1. The van der Waals surface area contributed by atoms with Crippen molar-refractivity contribution < 1.29 is 9.59 Å². The van der Waals surface area contributed by atoms with Crippen LogP contribution in [0.5, 0.6) is 0 Å². The molecule has 158 valence electrons. The predicted octanol–water partition coefficient (Wildman–Crippen LogP) is 3.15. The monoisotopic (exact) mass is 434 g/mol. The minimum absolute atomic E-state index is 0.126. The number of carbonyl (C=O) groups excluding carboxylic acids is 2. The van der Waals surface area contributed by atoms with E-state index in [1.807, 2.05) is 16.7 Å². The Labute approximate surface area is 184 Å². The van der Waals surface area contributed by atoms with E-state index in [2.05, 4.69) is 32.4 Å². The van der Waals surface area contributed by atoms with Gasteiger partial charge in [0.15, 0.2) is 11.0 Å². The number of hydrogen-bond donors (Lipinski definition) is 2. The number of para-hydroxylation sites is 1. The van der Waals surface area contributed by atoms with Gasteiger partial charge < -0.3 is 10.6 Å². The molecule has 2 aromatic heterocycles. The van der Waals surface area contributed by atoms with Crippen LogP contribution >= 0.6 is 11.8 Å². The highest BCUT2D eigenvalue weighted by Gasteiger charge is 2.25. The third-order valence-electron chi connectivity index (χ3n) is 4.64. The average molecular weight is 435 g/mol. The van der Waals surface area contributed by atoms with Crippen molar-refractivity contribution in [2.75, 3.05) is 11.1 Å². The Bertz CT molecular complexity index is 1090. The zero-order valence-electron chi connectivity index (χ0n) is 16.8. The third kappa shape index (κ3) is 5.18. The first-order valence-electron chi connectivity index (χ1n) is 9.92. The van der Waals surface area contributed by atoms with Crippen LogP contribution in [0.25, 0.3) is 11.4 Å². The molecule has 31 heavy (non-hydrogen) atoms. The van der Waals surface area contributed by atoms with E-state index in [0.717, 1.165) is 18.4 Å². The minimum atomic E-state index is -0.229. The molecule has 0 aliphatic heterocycles. The second kappa shape index (κ2) is 9.57. The molecule has 1 aliphatic rings. The lowest BCUT2D eigenvalue weighted by atomic mass is 10.1. The highest BCUT2D eigenvalue weighted by atomic mass is 32.2. The number of hydrogen-bond acceptors (Lipinski definition) is 6. The van der Waals surface area contributed by atoms with Gasteiger partial charge in [-0.3, -0.25) is 19.1 Å². The van der Waals surface area contributed by atoms with Crippen molar-refractivity contribution in [3.8, 4) is 11.4 Å². The lowest BCUT2D eigenvalue weighted by molar-refractivity contribution is -0.113. The van der Waals surface area contributed by atoms with Crippen LogP contribution in [-0.4, -0.2) is 43.4 Å². The lowest BCUT2D eigenvalue weighted by Gasteiger charge is -2.11. The Kier molecular flexibility index (Phi) is 6.42. The van der Waals surface area contributed by atoms with Gasteiger partial charge in [-0.05, 0) is 37.1 Å². The number of rotatable bonds is 9. The molecular formula is C22H22N6O2S. The molecule has 0 bridgehead atoms. The maximum absolute atomic E-state index is 12.6. The van der Waals surface area contributed by atoms with Crippen LogP contribution in [0.15, 0.2) is 66.6 Å². The number of amides is 2. The van der Waals surface area contributed by atoms with Crippen LogP contribution in [0.2, 0.25) is 0 Å². The molecule has 3 aromatic rings. The van der Waals surface area contributed by atoms with E-state index in [1.165, 1.54) is 11.8 Å². The number of anilines is 1. The predicted molar refractivity (Wildman–Crippen MR) is 120 cm³/mol. The summed E-state index contributed by atoms with van der Waals surface area (Å²) in [4.78, 5) is 29.1. The van der Waals surface area contributed by atoms with Gasteiger partial charge in [-0.15, -0.1) is 16.8 Å². The second-order valence-electron chi connectivity index (χ2n) is 7.08. The van der Waals surface area contributed by atoms with Gasteiger partial charge in [0.25, 0.3) is 5.91 Å². The van der Waals surface area contributed by atoms with E-state index < -0.39 is 0 Å². The molecule has 2 N–H and O–H groups in total. The molecule has 2 heterocycles. The summed E-state index contributed by atoms with van der Waals surface area (Å²) in [6, 6.07) is 11.0. The van der Waals surface area contributed by atoms with Gasteiger partial charge in [-0.25, -0.2) is 0 Å². The van der Waals surface area contributed by atoms with Gasteiger partial charge in [0.2, 0.25) is 5.91 Å². The summed E-state index contributed by atoms with van der Waals surface area (Å²) in [5.41, 5.74) is 1.79. The molecule has 0 atom stereocenters. The van der Waals surface area contributed by atoms with Gasteiger partial charge in [0.05, 0.1) is 17.0 Å². The molecule has 0 unspecified atom stereocenters. The highest BCUT2D eigenvalue weighted by molar-refractivity contribution is 7.99. The normalized spacial score (nSPS) is 12.9. The Morgan fingerprint density at radius 2 is 2.03 bits per heavy atom. The summed E-state index contributed by atoms with van der Waals surface area (Å²) < 4.78 is 1.89. The smallest absolute Gasteiger partial charge is 0.253 e. The Balaban J connectivity index is 1.43. The largest absolute Gasteiger partial charge is 0.349 e. The molecule has 2 amide bonds. The molecule has 0 radical (unpaired) electrons. The van der Waals surface area contributed by atoms with Crippen LogP contribution in [0.1, 0.15) is 23.2 Å². The summed E-state index contributed by atoms with van der Waals surface area (Å²) in [6.45, 7) is 4.30. The van der Waals surface area contributed by atoms with Crippen molar-refractivity contribution >= 4 is 29.3 Å². The van der Waals surface area contributed by atoms with Crippen molar-refractivity contribution in [2.45, 2.75) is 30.6 Å². The summed E-state index contributed by atoms with van der Waals surface area (Å²) in [6.07, 6.45) is 7.17. The van der Waals surface area contributed by atoms with Gasteiger partial charge in [-0.1, -0.05) is 30.0 Å². The zero-order valence-corrected chi connectivity index (χ0v) is 17.6. The first kappa shape index (κ1) is 20.8. The van der Waals surface area contributed by atoms with Crippen molar-refractivity contribution in [2.24, 2.45) is 0 Å². The van der Waals surface area contributed by atoms with Crippen molar-refractivity contribution in [3.63, 3.8) is 0 Å². The van der Waals surface area contributed by atoms with E-state index in [9.17, 15) is 9.59 Å². The molecule has 1 aliphatic carbocycles. The van der Waals surface area contributed by atoms with Gasteiger partial charge in [0.1, 0.15) is 0 Å². The Hall–Kier alpha value is -3.46. The fourth-order valence-corrected chi connectivity index (χ4v) is 3.74. The first-order valence-corrected chi connectivity index (χ1v) is 10.9. The first-order chi connectivity index (χ1) is 15.2. The number of benzene rings is 1. The fourth-order valence-electron chi connectivity index (χ4n) is 3.00. The summed E-state index contributed by atoms with van der Waals surface area (Å²) >= 11 is 1.27. The van der Waals surface area contributed by atoms with E-state index in [-0.39, 0.29) is 23.6 Å². The van der Waals surface area contributed by atoms with E-state index in [4.69, 9.17) is 0 Å². The number of aromatic nitrogens is 4. The van der Waals surface area contributed by atoms with Crippen LogP contribution in [-0.2, 0) is 11.3 Å². The summed E-state index contributed by atoms with van der Waals surface area (Å²) in [5, 5.41) is 14.9. The number of nitrogens with one attached hydrogen (secondary N) is 2. The molecule has 8 nitrogen and oxygen atoms in total. The molecule has 4 rings (SSSR count). The molecule has 0 saturated heterocycles. The third-order valence-corrected chi connectivity index (χ3v) is 5.61. The van der Waals surface area contributed by atoms with Crippen LogP contribution in [0, 0.1) is 0 Å². The maximum atomic E-state index is 12.6. The van der Waals surface area contributed by atoms with Crippen molar-refractivity contribution in [1.82, 2.24) is 25.1 Å². The fraction of sp³-hybridized carbons (Fsp3) is 0.227. The molecule has 0 spiro atoms. The number of nitrogens with zero attached hydrogens (tertiary/aromatic N) is 4. The standard InChI is InChI=1S/C22H22N6O2S/c1-2-12-28-20(15-6-5-11-23-13-15)26-27-22(28)31-14-19(29)25-18-8-4-3-7-17(18)21(30)24-16-9-10-16/h2-8,11,13,16H,1,9-10,12,14H2,(H,24,30)(H,25,29). The van der Waals surface area contributed by atoms with Gasteiger partial charge in [0, 0.05) is 30.5 Å². The average Bonchev–Trinajstić information content (AvgIpc) is 3.51. The van der Waals surface area contributed by atoms with Crippen LogP contribution < -0.4 is 10.6 Å². The number of allylic oxidation sites excluding steroid dienone is 1. The van der Waals surface area contributed by atoms with Crippen molar-refractivity contribution in [3.05, 3.63) is 67.0 Å². The summed E-state index contributed by atoms with van der Waals surface area (Å²) in [7, 11) is 0. The molecule has 9 heteroatoms. The lowest BCUT2D eigenvalue weighted by Crippen LogP contribution is -2.27. The highest BCUT2D eigenvalue weighted by Crippen LogP contribution is 2.25. The maximum Gasteiger partial charge on any atom is 0.253 e. The van der Waals surface area contributed by atoms with Crippen LogP contribution in [0.3, 0.4) is 0 Å². The minimum Gasteiger partial charge on any atom is -0.349 e. The van der Waals surface area contributed by atoms with Gasteiger partial charge in [-0.2, -0.15) is 0 Å². The Morgan fingerprint density at radius 1 is 1.19 bits per heavy atom. The van der Waals surface area contributed by atoms with Gasteiger partial charge >= 0.3 is 0 Å². The summed E-state index contributed by atoms with van der Waals surface area (Å²) in [5.74, 6) is 0.393. The number of thioether (sulfide) groups is 1. The quantitative estimate of drug-likeness (QED) is 0.396. The molecule has 1 aromatic carbocycles. The van der Waals surface area contributed by atoms with Crippen LogP contribution in [0.4, 0.5) is 5.69 Å². The zero-order chi connectivity index (χ0) is 21.6. The number of carbonyl (C=O) groups is 2. The van der Waals surface area contributed by atoms with Crippen molar-refractivity contribution in [1.29, 1.82) is 0 Å². The van der Waals surface area contributed by atoms with E-state index in [0.29, 0.717) is 28.8 Å². The number of pyridine rings is 1. The molecule has 1 saturated carbocycles. The second-order valence-corrected chi connectivity index (χ2v) is 8.02. The van der Waals surface area contributed by atoms with E-state index in [1.54, 1.807) is 42.7 Å². The van der Waals surface area contributed by atoms with E-state index >= 15 is 0 Å². The topological polar surface area (TPSA) is 102 Å². The molecular weight excluding hydrogens is 412 g/mol.